The van der Waals surface area contributed by atoms with Crippen molar-refractivity contribution in [2.24, 2.45) is 0 Å². The van der Waals surface area contributed by atoms with Gasteiger partial charge in [-0.05, 0) is 24.8 Å². The Balaban J connectivity index is 2.35. The Labute approximate surface area is 109 Å². The molecule has 3 N–H and O–H groups in total. The summed E-state index contributed by atoms with van der Waals surface area (Å²) in [6.45, 7) is 1.89. The minimum absolute atomic E-state index is 0.182. The Morgan fingerprint density at radius 3 is 2.67 bits per heavy atom. The molecule has 0 bridgehead atoms. The van der Waals surface area contributed by atoms with Crippen LogP contribution >= 0.6 is 11.3 Å². The van der Waals surface area contributed by atoms with E-state index in [0.29, 0.717) is 27.4 Å². The van der Waals surface area contributed by atoms with Gasteiger partial charge in [-0.2, -0.15) is 0 Å². The smallest absolute Gasteiger partial charge is 0.348 e. The first-order valence-corrected chi connectivity index (χ1v) is 6.70. The molecule has 1 aromatic rings. The maximum atomic E-state index is 12.1. The minimum atomic E-state index is -0.436. The zero-order valence-electron chi connectivity index (χ0n) is 10.4. The zero-order valence-corrected chi connectivity index (χ0v) is 11.2. The number of carbonyl (C=O) groups excluding carboxylic acids is 2. The highest BCUT2D eigenvalue weighted by molar-refractivity contribution is 7.18. The Morgan fingerprint density at radius 2 is 2.17 bits per heavy atom. The molecule has 6 heteroatoms. The second-order valence-corrected chi connectivity index (χ2v) is 5.29. The summed E-state index contributed by atoms with van der Waals surface area (Å²) in [7, 11) is 1.32. The molecule has 98 valence electrons. The predicted molar refractivity (Wildman–Crippen MR) is 69.9 cm³/mol. The van der Waals surface area contributed by atoms with Crippen molar-refractivity contribution in [3.63, 3.8) is 0 Å². The third-order valence-electron chi connectivity index (χ3n) is 2.90. The SMILES string of the molecule is CCc1c(C(=O)OC)sc(N)c1C(=O)NC1CC1. The number of anilines is 1. The number of rotatable bonds is 4. The van der Waals surface area contributed by atoms with Crippen molar-refractivity contribution in [3.8, 4) is 0 Å². The number of amides is 1. The van der Waals surface area contributed by atoms with Gasteiger partial charge in [-0.25, -0.2) is 4.79 Å². The minimum Gasteiger partial charge on any atom is -0.465 e. The molecule has 1 aliphatic carbocycles. The third kappa shape index (κ3) is 2.33. The number of nitrogen functional groups attached to an aromatic ring is 1. The molecule has 2 rings (SSSR count). The average Bonchev–Trinajstić information content (AvgIpc) is 3.09. The Kier molecular flexibility index (Phi) is 3.56. The number of thiophene rings is 1. The summed E-state index contributed by atoms with van der Waals surface area (Å²) in [5, 5.41) is 3.27. The van der Waals surface area contributed by atoms with E-state index >= 15 is 0 Å². The normalized spacial score (nSPS) is 14.3. The first-order chi connectivity index (χ1) is 8.58. The molecule has 1 saturated carbocycles. The number of hydrogen-bond donors (Lipinski definition) is 2. The van der Waals surface area contributed by atoms with Crippen LogP contribution < -0.4 is 11.1 Å². The van der Waals surface area contributed by atoms with Gasteiger partial charge in [0.15, 0.2) is 0 Å². The summed E-state index contributed by atoms with van der Waals surface area (Å²) >= 11 is 1.12. The molecule has 1 fully saturated rings. The molecule has 1 heterocycles. The van der Waals surface area contributed by atoms with Crippen LogP contribution in [0.3, 0.4) is 0 Å². The molecule has 18 heavy (non-hydrogen) atoms. The van der Waals surface area contributed by atoms with Crippen molar-refractivity contribution < 1.29 is 14.3 Å². The van der Waals surface area contributed by atoms with E-state index < -0.39 is 5.97 Å². The summed E-state index contributed by atoms with van der Waals surface area (Å²) in [5.74, 6) is -0.618. The lowest BCUT2D eigenvalue weighted by atomic mass is 10.1. The van der Waals surface area contributed by atoms with Crippen LogP contribution in [0.1, 0.15) is 45.4 Å². The second kappa shape index (κ2) is 4.97. The summed E-state index contributed by atoms with van der Waals surface area (Å²) in [5.41, 5.74) is 6.98. The van der Waals surface area contributed by atoms with Crippen molar-refractivity contribution >= 4 is 28.2 Å². The summed E-state index contributed by atoms with van der Waals surface area (Å²) in [6.07, 6.45) is 2.60. The van der Waals surface area contributed by atoms with Crippen molar-refractivity contribution in [1.29, 1.82) is 0 Å². The fourth-order valence-corrected chi connectivity index (χ4v) is 2.89. The third-order valence-corrected chi connectivity index (χ3v) is 3.94. The van der Waals surface area contributed by atoms with Gasteiger partial charge in [0.2, 0.25) is 0 Å². The number of carbonyl (C=O) groups is 2. The van der Waals surface area contributed by atoms with Crippen molar-refractivity contribution in [1.82, 2.24) is 5.32 Å². The van der Waals surface area contributed by atoms with Crippen LogP contribution in [-0.4, -0.2) is 25.0 Å². The van der Waals surface area contributed by atoms with E-state index in [0.717, 1.165) is 24.2 Å². The van der Waals surface area contributed by atoms with Crippen molar-refractivity contribution in [3.05, 3.63) is 16.0 Å². The Bertz CT molecular complexity index is 492. The van der Waals surface area contributed by atoms with Crippen LogP contribution in [0.5, 0.6) is 0 Å². The molecule has 0 saturated heterocycles. The number of hydrogen-bond acceptors (Lipinski definition) is 5. The van der Waals surface area contributed by atoms with E-state index in [4.69, 9.17) is 10.5 Å². The molecule has 0 atom stereocenters. The van der Waals surface area contributed by atoms with Gasteiger partial charge >= 0.3 is 5.97 Å². The summed E-state index contributed by atoms with van der Waals surface area (Å²) in [6, 6.07) is 0.267. The lowest BCUT2D eigenvalue weighted by molar-refractivity contribution is 0.0605. The summed E-state index contributed by atoms with van der Waals surface area (Å²) < 4.78 is 4.70. The number of ether oxygens (including phenoxy) is 1. The second-order valence-electron chi connectivity index (χ2n) is 4.24. The highest BCUT2D eigenvalue weighted by Gasteiger charge is 2.29. The maximum Gasteiger partial charge on any atom is 0.348 e. The van der Waals surface area contributed by atoms with Crippen LogP contribution in [0.4, 0.5) is 5.00 Å². The van der Waals surface area contributed by atoms with Gasteiger partial charge in [0.1, 0.15) is 4.88 Å². The molecular weight excluding hydrogens is 252 g/mol. The van der Waals surface area contributed by atoms with Crippen molar-refractivity contribution in [2.45, 2.75) is 32.2 Å². The van der Waals surface area contributed by atoms with Crippen molar-refractivity contribution in [2.75, 3.05) is 12.8 Å². The van der Waals surface area contributed by atoms with Gasteiger partial charge in [-0.3, -0.25) is 4.79 Å². The number of nitrogens with two attached hydrogens (primary N) is 1. The topological polar surface area (TPSA) is 81.4 Å². The van der Waals surface area contributed by atoms with E-state index in [2.05, 4.69) is 5.32 Å². The predicted octanol–water partition coefficient (Wildman–Crippen LogP) is 1.57. The van der Waals surface area contributed by atoms with Gasteiger partial charge in [0.25, 0.3) is 5.91 Å². The summed E-state index contributed by atoms with van der Waals surface area (Å²) in [4.78, 5) is 24.1. The molecule has 5 nitrogen and oxygen atoms in total. The van der Waals surface area contributed by atoms with Gasteiger partial charge in [0, 0.05) is 6.04 Å². The maximum absolute atomic E-state index is 12.1. The van der Waals surface area contributed by atoms with Gasteiger partial charge in [0.05, 0.1) is 17.7 Å². The van der Waals surface area contributed by atoms with Crippen LogP contribution in [-0.2, 0) is 11.2 Å². The van der Waals surface area contributed by atoms with Crippen LogP contribution in [0.2, 0.25) is 0 Å². The largest absolute Gasteiger partial charge is 0.465 e. The molecule has 0 spiro atoms. The van der Waals surface area contributed by atoms with E-state index in [1.165, 1.54) is 7.11 Å². The Morgan fingerprint density at radius 1 is 1.50 bits per heavy atom. The number of methoxy groups -OCH3 is 1. The highest BCUT2D eigenvalue weighted by Crippen LogP contribution is 2.33. The fraction of sp³-hybridized carbons (Fsp3) is 0.500. The molecule has 0 unspecified atom stereocenters. The Hall–Kier alpha value is -1.56. The molecular formula is C12H16N2O3S. The molecule has 0 radical (unpaired) electrons. The fourth-order valence-electron chi connectivity index (χ4n) is 1.81. The monoisotopic (exact) mass is 268 g/mol. The van der Waals surface area contributed by atoms with Gasteiger partial charge in [-0.15, -0.1) is 11.3 Å². The van der Waals surface area contributed by atoms with Crippen LogP contribution in [0, 0.1) is 0 Å². The van der Waals surface area contributed by atoms with E-state index in [-0.39, 0.29) is 11.9 Å². The first kappa shape index (κ1) is 12.9. The molecule has 1 amide bonds. The van der Waals surface area contributed by atoms with E-state index in [9.17, 15) is 9.59 Å². The van der Waals surface area contributed by atoms with Crippen LogP contribution in [0.15, 0.2) is 0 Å². The molecule has 0 aliphatic heterocycles. The molecule has 1 aliphatic rings. The lowest BCUT2D eigenvalue weighted by Gasteiger charge is -2.05. The lowest BCUT2D eigenvalue weighted by Crippen LogP contribution is -2.26. The van der Waals surface area contributed by atoms with Gasteiger partial charge < -0.3 is 15.8 Å². The first-order valence-electron chi connectivity index (χ1n) is 5.88. The van der Waals surface area contributed by atoms with Gasteiger partial charge in [-0.1, -0.05) is 6.92 Å². The van der Waals surface area contributed by atoms with E-state index in [1.54, 1.807) is 0 Å². The highest BCUT2D eigenvalue weighted by atomic mass is 32.1. The van der Waals surface area contributed by atoms with E-state index in [1.807, 2.05) is 6.92 Å². The standard InChI is InChI=1S/C12H16N2O3S/c1-3-7-8(11(15)14-6-4-5-6)10(13)18-9(7)12(16)17-2/h6H,3-5,13H2,1-2H3,(H,14,15). The number of nitrogens with one attached hydrogen (secondary N) is 1. The zero-order chi connectivity index (χ0) is 13.3. The molecule has 1 aromatic heterocycles. The average molecular weight is 268 g/mol. The van der Waals surface area contributed by atoms with Crippen LogP contribution in [0.25, 0.3) is 0 Å². The molecule has 0 aromatic carbocycles. The number of esters is 1. The quantitative estimate of drug-likeness (QED) is 0.812.